The first-order valence-electron chi connectivity index (χ1n) is 6.85. The van der Waals surface area contributed by atoms with Crippen LogP contribution in [0.3, 0.4) is 0 Å². The lowest BCUT2D eigenvalue weighted by Gasteiger charge is -2.06. The predicted molar refractivity (Wildman–Crippen MR) is 93.6 cm³/mol. The molecule has 0 atom stereocenters. The van der Waals surface area contributed by atoms with Gasteiger partial charge in [0.1, 0.15) is 9.90 Å². The van der Waals surface area contributed by atoms with Crippen LogP contribution in [0.25, 0.3) is 10.6 Å². The number of aromatic nitrogens is 2. The van der Waals surface area contributed by atoms with Gasteiger partial charge in [-0.25, -0.2) is 18.2 Å². The van der Waals surface area contributed by atoms with E-state index < -0.39 is 10.0 Å². The number of nitrogens with one attached hydrogen (secondary N) is 2. The maximum atomic E-state index is 12.4. The summed E-state index contributed by atoms with van der Waals surface area (Å²) in [7, 11) is -3.66. The third-order valence-corrected chi connectivity index (χ3v) is 6.56. The minimum atomic E-state index is -3.66. The van der Waals surface area contributed by atoms with Gasteiger partial charge in [-0.3, -0.25) is 4.79 Å². The monoisotopic (exact) mass is 381 g/mol. The van der Waals surface area contributed by atoms with Crippen molar-refractivity contribution in [1.29, 1.82) is 0 Å². The van der Waals surface area contributed by atoms with Crippen molar-refractivity contribution in [3.05, 3.63) is 69.5 Å². The van der Waals surface area contributed by atoms with Crippen LogP contribution in [0.5, 0.6) is 0 Å². The van der Waals surface area contributed by atoms with Crippen molar-refractivity contribution in [3.63, 3.8) is 0 Å². The first-order valence-corrected chi connectivity index (χ1v) is 9.52. The molecule has 9 heteroatoms. The second-order valence-corrected chi connectivity index (χ2v) is 8.33. The summed E-state index contributed by atoms with van der Waals surface area (Å²) in [6.45, 7) is 0.103. The van der Waals surface area contributed by atoms with Gasteiger partial charge < -0.3 is 0 Å². The summed E-state index contributed by atoms with van der Waals surface area (Å²) < 4.78 is 27.5. The van der Waals surface area contributed by atoms with Crippen molar-refractivity contribution in [2.45, 2.75) is 10.8 Å². The predicted octanol–water partition coefficient (Wildman–Crippen LogP) is 2.63. The average molecular weight is 382 g/mol. The summed E-state index contributed by atoms with van der Waals surface area (Å²) in [5.74, 6) is 0. The molecule has 0 aliphatic heterocycles. The average Bonchev–Trinajstić information content (AvgIpc) is 3.06. The Hall–Kier alpha value is -2.00. The molecule has 0 radical (unpaired) electrons. The maximum absolute atomic E-state index is 12.4. The highest BCUT2D eigenvalue weighted by atomic mass is 35.5. The third-order valence-electron chi connectivity index (χ3n) is 3.19. The molecule has 2 N–H and O–H groups in total. The van der Waals surface area contributed by atoms with Crippen LogP contribution in [0, 0.1) is 0 Å². The van der Waals surface area contributed by atoms with E-state index in [2.05, 4.69) is 14.9 Å². The van der Waals surface area contributed by atoms with Crippen LogP contribution in [-0.4, -0.2) is 18.6 Å². The SMILES string of the molecule is O=c1ccc(-c2ccc(S(=O)(=O)NCc3ccccc3Cl)s2)n[nH]1. The Kier molecular flexibility index (Phi) is 4.81. The summed E-state index contributed by atoms with van der Waals surface area (Å²) in [4.78, 5) is 11.7. The summed E-state index contributed by atoms with van der Waals surface area (Å²) >= 11 is 7.10. The van der Waals surface area contributed by atoms with Gasteiger partial charge in [0, 0.05) is 17.6 Å². The number of nitrogens with zero attached hydrogens (tertiary/aromatic N) is 1. The molecule has 124 valence electrons. The Morgan fingerprint density at radius 2 is 1.92 bits per heavy atom. The van der Waals surface area contributed by atoms with Gasteiger partial charge in [-0.2, -0.15) is 5.10 Å². The number of halogens is 1. The molecular weight excluding hydrogens is 370 g/mol. The summed E-state index contributed by atoms with van der Waals surface area (Å²) in [6.07, 6.45) is 0. The number of sulfonamides is 1. The zero-order valence-electron chi connectivity index (χ0n) is 12.2. The molecule has 0 unspecified atom stereocenters. The molecule has 0 aliphatic carbocycles. The number of aromatic amines is 1. The van der Waals surface area contributed by atoms with Gasteiger partial charge in [0.05, 0.1) is 4.88 Å². The number of hydrogen-bond donors (Lipinski definition) is 2. The van der Waals surface area contributed by atoms with Crippen molar-refractivity contribution in [1.82, 2.24) is 14.9 Å². The van der Waals surface area contributed by atoms with Crippen molar-refractivity contribution >= 4 is 33.0 Å². The molecule has 0 aliphatic rings. The second kappa shape index (κ2) is 6.86. The maximum Gasteiger partial charge on any atom is 0.264 e. The van der Waals surface area contributed by atoms with Crippen molar-refractivity contribution in [3.8, 4) is 10.6 Å². The fourth-order valence-corrected chi connectivity index (χ4v) is 4.50. The minimum Gasteiger partial charge on any atom is -0.268 e. The number of hydrogen-bond acceptors (Lipinski definition) is 5. The van der Waals surface area contributed by atoms with Crippen molar-refractivity contribution in [2.24, 2.45) is 0 Å². The molecule has 3 aromatic rings. The molecule has 2 heterocycles. The largest absolute Gasteiger partial charge is 0.268 e. The van der Waals surface area contributed by atoms with Crippen LogP contribution in [0.4, 0.5) is 0 Å². The Morgan fingerprint density at radius 1 is 1.12 bits per heavy atom. The number of rotatable bonds is 5. The van der Waals surface area contributed by atoms with Gasteiger partial charge in [0.15, 0.2) is 0 Å². The molecule has 3 rings (SSSR count). The van der Waals surface area contributed by atoms with E-state index in [9.17, 15) is 13.2 Å². The molecule has 1 aromatic carbocycles. The molecule has 6 nitrogen and oxygen atoms in total. The zero-order valence-corrected chi connectivity index (χ0v) is 14.6. The third kappa shape index (κ3) is 3.73. The van der Waals surface area contributed by atoms with E-state index >= 15 is 0 Å². The van der Waals surface area contributed by atoms with E-state index in [-0.39, 0.29) is 16.3 Å². The summed E-state index contributed by atoms with van der Waals surface area (Å²) in [5.41, 5.74) is 0.888. The normalized spacial score (nSPS) is 11.5. The van der Waals surface area contributed by atoms with Crippen LogP contribution in [0.1, 0.15) is 5.56 Å². The molecule has 0 fully saturated rings. The van der Waals surface area contributed by atoms with Gasteiger partial charge in [0.25, 0.3) is 5.56 Å². The Morgan fingerprint density at radius 3 is 2.62 bits per heavy atom. The highest BCUT2D eigenvalue weighted by Gasteiger charge is 2.18. The highest BCUT2D eigenvalue weighted by molar-refractivity contribution is 7.91. The van der Waals surface area contributed by atoms with Gasteiger partial charge in [-0.1, -0.05) is 29.8 Å². The quantitative estimate of drug-likeness (QED) is 0.710. The van der Waals surface area contributed by atoms with Crippen LogP contribution < -0.4 is 10.3 Å². The first-order chi connectivity index (χ1) is 11.5. The van der Waals surface area contributed by atoms with E-state index in [1.54, 1.807) is 30.3 Å². The minimum absolute atomic E-state index is 0.103. The molecule has 0 spiro atoms. The number of H-pyrrole nitrogens is 1. The van der Waals surface area contributed by atoms with Crippen LogP contribution in [-0.2, 0) is 16.6 Å². The molecule has 2 aromatic heterocycles. The molecule has 0 saturated carbocycles. The fourth-order valence-electron chi connectivity index (χ4n) is 1.97. The van der Waals surface area contributed by atoms with E-state index in [0.29, 0.717) is 21.2 Å². The second-order valence-electron chi connectivity index (χ2n) is 4.84. The van der Waals surface area contributed by atoms with Gasteiger partial charge in [0.2, 0.25) is 10.0 Å². The van der Waals surface area contributed by atoms with E-state index in [1.807, 2.05) is 0 Å². The fraction of sp³-hybridized carbons (Fsp3) is 0.0667. The topological polar surface area (TPSA) is 91.9 Å². The first kappa shape index (κ1) is 16.8. The van der Waals surface area contributed by atoms with Gasteiger partial charge in [-0.05, 0) is 29.8 Å². The smallest absolute Gasteiger partial charge is 0.264 e. The molecular formula is C15H12ClN3O3S2. The Balaban J connectivity index is 1.79. The van der Waals surface area contributed by atoms with Gasteiger partial charge in [-0.15, -0.1) is 11.3 Å². The van der Waals surface area contributed by atoms with E-state index in [1.165, 1.54) is 18.2 Å². The van der Waals surface area contributed by atoms with Crippen molar-refractivity contribution in [2.75, 3.05) is 0 Å². The van der Waals surface area contributed by atoms with Crippen LogP contribution >= 0.6 is 22.9 Å². The number of benzene rings is 1. The van der Waals surface area contributed by atoms with E-state index in [0.717, 1.165) is 11.3 Å². The molecule has 0 bridgehead atoms. The number of thiophene rings is 1. The lowest BCUT2D eigenvalue weighted by Crippen LogP contribution is -2.22. The van der Waals surface area contributed by atoms with Gasteiger partial charge >= 0.3 is 0 Å². The molecule has 0 saturated heterocycles. The molecule has 24 heavy (non-hydrogen) atoms. The summed E-state index contributed by atoms with van der Waals surface area (Å²) in [5, 5.41) is 6.71. The standard InChI is InChI=1S/C15H12ClN3O3S2/c16-11-4-2-1-3-10(11)9-17-24(21,22)15-8-6-13(23-15)12-5-7-14(20)19-18-12/h1-8,17H,9H2,(H,19,20). The van der Waals surface area contributed by atoms with E-state index in [4.69, 9.17) is 11.6 Å². The molecule has 0 amide bonds. The van der Waals surface area contributed by atoms with Crippen molar-refractivity contribution < 1.29 is 8.42 Å². The Bertz CT molecular complexity index is 1010. The Labute approximate surface area is 147 Å². The lowest BCUT2D eigenvalue weighted by atomic mass is 10.2. The van der Waals surface area contributed by atoms with Crippen LogP contribution in [0.15, 0.2) is 57.5 Å². The lowest BCUT2D eigenvalue weighted by molar-refractivity contribution is 0.583. The van der Waals surface area contributed by atoms with Crippen LogP contribution in [0.2, 0.25) is 5.02 Å². The summed E-state index contributed by atoms with van der Waals surface area (Å²) in [6, 6.07) is 13.1. The highest BCUT2D eigenvalue weighted by Crippen LogP contribution is 2.29. The zero-order chi connectivity index (χ0) is 17.2.